The fourth-order valence-corrected chi connectivity index (χ4v) is 3.38. The fourth-order valence-electron chi connectivity index (χ4n) is 3.20. The number of anilines is 1. The first kappa shape index (κ1) is 16.9. The van der Waals surface area contributed by atoms with Gasteiger partial charge in [0.2, 0.25) is 0 Å². The molecule has 0 aromatic carbocycles. The molecule has 3 rings (SSSR count). The van der Waals surface area contributed by atoms with Gasteiger partial charge in [-0.25, -0.2) is 4.98 Å². The summed E-state index contributed by atoms with van der Waals surface area (Å²) < 4.78 is 40.1. The molecule has 1 saturated carbocycles. The Morgan fingerprint density at radius 3 is 2.54 bits per heavy atom. The van der Waals surface area contributed by atoms with Gasteiger partial charge < -0.3 is 10.3 Å². The van der Waals surface area contributed by atoms with Crippen LogP contribution in [0.4, 0.5) is 18.9 Å². The van der Waals surface area contributed by atoms with Crippen molar-refractivity contribution in [2.45, 2.75) is 51.2 Å². The fraction of sp³-hybridized carbons (Fsp3) is 0.500. The SMILES string of the molecule is Cc1[nH]c2c(NC3CCCCC3)c(C#N)c(C(F)(F)F)nc2c1Cl. The number of aromatic amines is 1. The lowest BCUT2D eigenvalue weighted by molar-refractivity contribution is -0.141. The molecular formula is C16H16ClF3N4. The second kappa shape index (κ2) is 6.17. The largest absolute Gasteiger partial charge is 0.434 e. The Morgan fingerprint density at radius 1 is 1.29 bits per heavy atom. The highest BCUT2D eigenvalue weighted by molar-refractivity contribution is 6.36. The van der Waals surface area contributed by atoms with Crippen molar-refractivity contribution in [1.82, 2.24) is 9.97 Å². The summed E-state index contributed by atoms with van der Waals surface area (Å²) in [4.78, 5) is 6.60. The number of hydrogen-bond donors (Lipinski definition) is 2. The van der Waals surface area contributed by atoms with Crippen LogP contribution in [0, 0.1) is 18.3 Å². The van der Waals surface area contributed by atoms with Crippen LogP contribution in [0.2, 0.25) is 5.02 Å². The van der Waals surface area contributed by atoms with Gasteiger partial charge in [0, 0.05) is 11.7 Å². The van der Waals surface area contributed by atoms with E-state index < -0.39 is 17.4 Å². The number of pyridine rings is 1. The number of nitrogens with zero attached hydrogens (tertiary/aromatic N) is 2. The second-order valence-corrected chi connectivity index (χ2v) is 6.46. The van der Waals surface area contributed by atoms with E-state index in [1.165, 1.54) is 0 Å². The third-order valence-corrected chi connectivity index (χ3v) is 4.84. The van der Waals surface area contributed by atoms with Crippen LogP contribution in [0.3, 0.4) is 0 Å². The zero-order valence-corrected chi connectivity index (χ0v) is 13.8. The molecule has 1 aliphatic rings. The van der Waals surface area contributed by atoms with Gasteiger partial charge in [-0.2, -0.15) is 18.4 Å². The zero-order valence-electron chi connectivity index (χ0n) is 13.0. The van der Waals surface area contributed by atoms with Crippen LogP contribution in [0.5, 0.6) is 0 Å². The van der Waals surface area contributed by atoms with E-state index in [2.05, 4.69) is 15.3 Å². The number of nitriles is 1. The lowest BCUT2D eigenvalue weighted by Crippen LogP contribution is -2.24. The normalized spacial score (nSPS) is 16.3. The molecule has 8 heteroatoms. The number of alkyl halides is 3. The maximum absolute atomic E-state index is 13.4. The zero-order chi connectivity index (χ0) is 17.5. The Morgan fingerprint density at radius 2 is 1.96 bits per heavy atom. The van der Waals surface area contributed by atoms with Crippen LogP contribution in [-0.4, -0.2) is 16.0 Å². The van der Waals surface area contributed by atoms with Crippen LogP contribution in [0.15, 0.2) is 0 Å². The van der Waals surface area contributed by atoms with Gasteiger partial charge in [-0.1, -0.05) is 30.9 Å². The lowest BCUT2D eigenvalue weighted by Gasteiger charge is -2.25. The first-order valence-corrected chi connectivity index (χ1v) is 8.16. The predicted molar refractivity (Wildman–Crippen MR) is 86.1 cm³/mol. The average Bonchev–Trinajstić information content (AvgIpc) is 2.82. The van der Waals surface area contributed by atoms with Crippen LogP contribution in [0.1, 0.15) is 49.1 Å². The third-order valence-electron chi connectivity index (χ3n) is 4.38. The molecule has 24 heavy (non-hydrogen) atoms. The first-order chi connectivity index (χ1) is 11.3. The molecule has 0 atom stereocenters. The van der Waals surface area contributed by atoms with Crippen molar-refractivity contribution in [1.29, 1.82) is 5.26 Å². The van der Waals surface area contributed by atoms with Crippen molar-refractivity contribution >= 4 is 28.3 Å². The number of halogens is 4. The third kappa shape index (κ3) is 2.91. The Balaban J connectivity index is 2.23. The molecule has 0 spiro atoms. The Bertz CT molecular complexity index is 814. The van der Waals surface area contributed by atoms with E-state index in [1.54, 1.807) is 13.0 Å². The molecule has 0 radical (unpaired) electrons. The van der Waals surface area contributed by atoms with Crippen LogP contribution >= 0.6 is 11.6 Å². The van der Waals surface area contributed by atoms with E-state index >= 15 is 0 Å². The summed E-state index contributed by atoms with van der Waals surface area (Å²) in [6, 6.07) is 1.71. The number of nitrogens with one attached hydrogen (secondary N) is 2. The van der Waals surface area contributed by atoms with Gasteiger partial charge >= 0.3 is 6.18 Å². The molecule has 2 N–H and O–H groups in total. The van der Waals surface area contributed by atoms with E-state index in [1.807, 2.05) is 0 Å². The average molecular weight is 357 g/mol. The molecular weight excluding hydrogens is 341 g/mol. The summed E-state index contributed by atoms with van der Waals surface area (Å²) in [5.41, 5.74) is -0.618. The topological polar surface area (TPSA) is 64.5 Å². The molecule has 1 fully saturated rings. The van der Waals surface area contributed by atoms with E-state index in [0.29, 0.717) is 11.2 Å². The van der Waals surface area contributed by atoms with Crippen LogP contribution in [-0.2, 0) is 6.18 Å². The molecule has 4 nitrogen and oxygen atoms in total. The highest BCUT2D eigenvalue weighted by atomic mass is 35.5. The van der Waals surface area contributed by atoms with E-state index in [9.17, 15) is 18.4 Å². The van der Waals surface area contributed by atoms with Crippen LogP contribution in [0.25, 0.3) is 11.0 Å². The minimum absolute atomic E-state index is 0.0406. The maximum atomic E-state index is 13.4. The number of aryl methyl sites for hydroxylation is 1. The number of hydrogen-bond acceptors (Lipinski definition) is 3. The molecule has 2 heterocycles. The number of rotatable bonds is 2. The van der Waals surface area contributed by atoms with E-state index in [-0.39, 0.29) is 22.3 Å². The summed E-state index contributed by atoms with van der Waals surface area (Å²) in [5, 5.41) is 12.6. The predicted octanol–water partition coefficient (Wildman–Crippen LogP) is 5.16. The second-order valence-electron chi connectivity index (χ2n) is 6.09. The smallest absolute Gasteiger partial charge is 0.379 e. The van der Waals surface area contributed by atoms with Crippen molar-refractivity contribution in [2.24, 2.45) is 0 Å². The van der Waals surface area contributed by atoms with Gasteiger partial charge in [-0.3, -0.25) is 0 Å². The molecule has 2 aromatic rings. The van der Waals surface area contributed by atoms with E-state index in [0.717, 1.165) is 32.1 Å². The molecule has 0 amide bonds. The minimum Gasteiger partial charge on any atom is -0.379 e. The van der Waals surface area contributed by atoms with Crippen molar-refractivity contribution in [2.75, 3.05) is 5.32 Å². The molecule has 0 bridgehead atoms. The Kier molecular flexibility index (Phi) is 4.35. The quantitative estimate of drug-likeness (QED) is 0.781. The van der Waals surface area contributed by atoms with Gasteiger partial charge in [0.1, 0.15) is 17.1 Å². The summed E-state index contributed by atoms with van der Waals surface area (Å²) in [7, 11) is 0. The minimum atomic E-state index is -4.73. The summed E-state index contributed by atoms with van der Waals surface area (Å²) in [5.74, 6) is 0. The molecule has 0 saturated heterocycles. The summed E-state index contributed by atoms with van der Waals surface area (Å²) in [6.07, 6.45) is 0.161. The standard InChI is InChI=1S/C16H16ClF3N4/c1-8-11(17)13-14(22-8)12(23-9-5-3-2-4-6-9)10(7-21)15(24-13)16(18,19)20/h9,22H,2-6H2,1H3,(H,23,24). The highest BCUT2D eigenvalue weighted by Gasteiger charge is 2.38. The van der Waals surface area contributed by atoms with Crippen molar-refractivity contribution in [3.05, 3.63) is 22.0 Å². The number of fused-ring (bicyclic) bond motifs is 1. The first-order valence-electron chi connectivity index (χ1n) is 7.78. The van der Waals surface area contributed by atoms with Crippen molar-refractivity contribution in [3.63, 3.8) is 0 Å². The molecule has 0 aliphatic heterocycles. The number of aromatic nitrogens is 2. The Labute approximate surface area is 142 Å². The molecule has 1 aliphatic carbocycles. The summed E-state index contributed by atoms with van der Waals surface area (Å²) >= 11 is 6.10. The van der Waals surface area contributed by atoms with Gasteiger partial charge in [0.15, 0.2) is 5.69 Å². The molecule has 2 aromatic heterocycles. The molecule has 128 valence electrons. The van der Waals surface area contributed by atoms with Crippen molar-refractivity contribution in [3.8, 4) is 6.07 Å². The maximum Gasteiger partial charge on any atom is 0.434 e. The summed E-state index contributed by atoms with van der Waals surface area (Å²) in [6.45, 7) is 1.66. The van der Waals surface area contributed by atoms with Gasteiger partial charge in [0.05, 0.1) is 16.2 Å². The van der Waals surface area contributed by atoms with Gasteiger partial charge in [0.25, 0.3) is 0 Å². The van der Waals surface area contributed by atoms with Crippen LogP contribution < -0.4 is 5.32 Å². The van der Waals surface area contributed by atoms with Crippen molar-refractivity contribution < 1.29 is 13.2 Å². The molecule has 0 unspecified atom stereocenters. The van der Waals surface area contributed by atoms with Gasteiger partial charge in [-0.05, 0) is 19.8 Å². The Hall–Kier alpha value is -1.94. The van der Waals surface area contributed by atoms with E-state index in [4.69, 9.17) is 11.6 Å². The lowest BCUT2D eigenvalue weighted by atomic mass is 9.95. The highest BCUT2D eigenvalue weighted by Crippen LogP contribution is 2.40. The number of H-pyrrole nitrogens is 1. The monoisotopic (exact) mass is 356 g/mol. The van der Waals surface area contributed by atoms with Gasteiger partial charge in [-0.15, -0.1) is 0 Å².